The summed E-state index contributed by atoms with van der Waals surface area (Å²) in [6, 6.07) is 7.61. The van der Waals surface area contributed by atoms with Gasteiger partial charge in [0.05, 0.1) is 11.6 Å². The Kier molecular flexibility index (Phi) is 4.93. The maximum Gasteiger partial charge on any atom is 0.220 e. The Morgan fingerprint density at radius 1 is 1.42 bits per heavy atom. The molecule has 1 aromatic heterocycles. The second-order valence-corrected chi connectivity index (χ2v) is 5.94. The van der Waals surface area contributed by atoms with E-state index in [1.54, 1.807) is 17.5 Å². The zero-order chi connectivity index (χ0) is 13.7. The Balaban J connectivity index is 1.77. The van der Waals surface area contributed by atoms with Crippen LogP contribution in [0.3, 0.4) is 0 Å². The Hall–Kier alpha value is -1.39. The minimum Gasteiger partial charge on any atom is -0.351 e. The van der Waals surface area contributed by atoms with Crippen molar-refractivity contribution in [2.24, 2.45) is 0 Å². The van der Waals surface area contributed by atoms with Crippen molar-refractivity contribution < 1.29 is 4.79 Å². The third-order valence-corrected chi connectivity index (χ3v) is 3.99. The van der Waals surface area contributed by atoms with E-state index in [9.17, 15) is 4.79 Å². The number of halogens is 1. The molecule has 1 aromatic carbocycles. The van der Waals surface area contributed by atoms with Crippen molar-refractivity contribution >= 4 is 28.8 Å². The van der Waals surface area contributed by atoms with Gasteiger partial charge >= 0.3 is 0 Å². The summed E-state index contributed by atoms with van der Waals surface area (Å²) in [5.74, 6) is 0.0333. The van der Waals surface area contributed by atoms with Crippen molar-refractivity contribution in [1.82, 2.24) is 10.3 Å². The third kappa shape index (κ3) is 4.33. The van der Waals surface area contributed by atoms with Crippen LogP contribution in [0.15, 0.2) is 30.5 Å². The predicted molar refractivity (Wildman–Crippen MR) is 78.5 cm³/mol. The highest BCUT2D eigenvalue weighted by Crippen LogP contribution is 2.16. The van der Waals surface area contributed by atoms with Crippen LogP contribution in [0.1, 0.15) is 21.9 Å². The maximum atomic E-state index is 11.7. The summed E-state index contributed by atoms with van der Waals surface area (Å²) in [6.07, 6.45) is 2.91. The number of aryl methyl sites for hydroxylation is 2. The van der Waals surface area contributed by atoms with E-state index in [2.05, 4.69) is 10.3 Å². The Bertz CT molecular complexity index is 568. The number of rotatable bonds is 5. The van der Waals surface area contributed by atoms with Crippen LogP contribution in [0, 0.1) is 6.92 Å². The number of amides is 1. The lowest BCUT2D eigenvalue weighted by Crippen LogP contribution is -2.22. The van der Waals surface area contributed by atoms with Gasteiger partial charge in [0.1, 0.15) is 0 Å². The van der Waals surface area contributed by atoms with Gasteiger partial charge in [0.15, 0.2) is 0 Å². The molecule has 0 aliphatic rings. The van der Waals surface area contributed by atoms with E-state index in [1.165, 1.54) is 0 Å². The molecule has 1 N–H and O–H groups in total. The van der Waals surface area contributed by atoms with E-state index < -0.39 is 0 Å². The molecule has 0 radical (unpaired) electrons. The molecule has 1 amide bonds. The molecule has 0 saturated heterocycles. The first-order chi connectivity index (χ1) is 9.15. The van der Waals surface area contributed by atoms with E-state index in [4.69, 9.17) is 11.6 Å². The number of hydrogen-bond acceptors (Lipinski definition) is 3. The molecule has 0 saturated carbocycles. The topological polar surface area (TPSA) is 42.0 Å². The number of nitrogens with one attached hydrogen (secondary N) is 1. The summed E-state index contributed by atoms with van der Waals surface area (Å²) >= 11 is 7.64. The molecule has 0 aliphatic carbocycles. The first-order valence-corrected chi connectivity index (χ1v) is 7.26. The number of hydrogen-bond donors (Lipinski definition) is 1. The normalized spacial score (nSPS) is 10.4. The third-order valence-electron chi connectivity index (χ3n) is 2.71. The Morgan fingerprint density at radius 2 is 2.21 bits per heavy atom. The van der Waals surface area contributed by atoms with E-state index in [0.29, 0.717) is 24.4 Å². The summed E-state index contributed by atoms with van der Waals surface area (Å²) in [5.41, 5.74) is 1.01. The van der Waals surface area contributed by atoms with E-state index >= 15 is 0 Å². The fourth-order valence-electron chi connectivity index (χ4n) is 1.71. The van der Waals surface area contributed by atoms with Crippen molar-refractivity contribution in [3.05, 3.63) is 50.9 Å². The number of nitrogens with zero attached hydrogens (tertiary/aromatic N) is 1. The van der Waals surface area contributed by atoms with Gasteiger partial charge in [-0.3, -0.25) is 4.79 Å². The van der Waals surface area contributed by atoms with Gasteiger partial charge in [0.2, 0.25) is 5.91 Å². The molecule has 100 valence electrons. The zero-order valence-corrected chi connectivity index (χ0v) is 12.2. The summed E-state index contributed by atoms with van der Waals surface area (Å²) in [4.78, 5) is 17.0. The maximum absolute atomic E-state index is 11.7. The van der Waals surface area contributed by atoms with Crippen molar-refractivity contribution in [2.75, 3.05) is 0 Å². The first kappa shape index (κ1) is 14.0. The number of carbonyl (C=O) groups is 1. The van der Waals surface area contributed by atoms with Gasteiger partial charge in [-0.1, -0.05) is 29.8 Å². The van der Waals surface area contributed by atoms with Crippen LogP contribution in [-0.2, 0) is 17.8 Å². The number of thiazole rings is 1. The van der Waals surface area contributed by atoms with Crippen LogP contribution in [-0.4, -0.2) is 10.9 Å². The molecule has 1 heterocycles. The van der Waals surface area contributed by atoms with Crippen LogP contribution in [0.4, 0.5) is 0 Å². The fourth-order valence-corrected chi connectivity index (χ4v) is 2.68. The highest BCUT2D eigenvalue weighted by molar-refractivity contribution is 7.11. The summed E-state index contributed by atoms with van der Waals surface area (Å²) in [5, 5.41) is 4.62. The molecular weight excluding hydrogens is 280 g/mol. The van der Waals surface area contributed by atoms with Gasteiger partial charge in [0, 0.05) is 22.5 Å². The molecule has 0 unspecified atom stereocenters. The average Bonchev–Trinajstić information content (AvgIpc) is 2.81. The smallest absolute Gasteiger partial charge is 0.220 e. The Labute approximate surface area is 121 Å². The number of aromatic nitrogens is 1. The van der Waals surface area contributed by atoms with E-state index in [1.807, 2.05) is 31.2 Å². The molecule has 5 heteroatoms. The minimum atomic E-state index is 0.0333. The predicted octanol–water partition coefficient (Wildman–Crippen LogP) is 3.35. The molecule has 2 aromatic rings. The van der Waals surface area contributed by atoms with Crippen LogP contribution in [0.2, 0.25) is 5.02 Å². The second-order valence-electron chi connectivity index (χ2n) is 4.21. The largest absolute Gasteiger partial charge is 0.351 e. The molecule has 2 rings (SSSR count). The number of carbonyl (C=O) groups excluding carboxylic acids is 1. The molecule has 0 spiro atoms. The average molecular weight is 295 g/mol. The first-order valence-electron chi connectivity index (χ1n) is 6.06. The standard InChI is InChI=1S/C14H15ClN2OS/c1-10-16-8-12(19-10)9-17-14(18)7-6-11-4-2-3-5-13(11)15/h2-5,8H,6-7,9H2,1H3,(H,17,18). The molecule has 0 bridgehead atoms. The molecule has 0 aliphatic heterocycles. The summed E-state index contributed by atoms with van der Waals surface area (Å²) in [7, 11) is 0. The van der Waals surface area contributed by atoms with Crippen molar-refractivity contribution in [3.8, 4) is 0 Å². The van der Waals surface area contributed by atoms with Crippen molar-refractivity contribution in [1.29, 1.82) is 0 Å². The van der Waals surface area contributed by atoms with Crippen LogP contribution in [0.25, 0.3) is 0 Å². The van der Waals surface area contributed by atoms with E-state index in [0.717, 1.165) is 15.4 Å². The molecule has 3 nitrogen and oxygen atoms in total. The van der Waals surface area contributed by atoms with Crippen molar-refractivity contribution in [2.45, 2.75) is 26.3 Å². The van der Waals surface area contributed by atoms with Gasteiger partial charge in [0.25, 0.3) is 0 Å². The van der Waals surface area contributed by atoms with Gasteiger partial charge < -0.3 is 5.32 Å². The summed E-state index contributed by atoms with van der Waals surface area (Å²) < 4.78 is 0. The van der Waals surface area contributed by atoms with Gasteiger partial charge in [-0.15, -0.1) is 11.3 Å². The van der Waals surface area contributed by atoms with Crippen LogP contribution in [0.5, 0.6) is 0 Å². The molecule has 0 atom stereocenters. The highest BCUT2D eigenvalue weighted by atomic mass is 35.5. The van der Waals surface area contributed by atoms with Gasteiger partial charge in [-0.05, 0) is 25.0 Å². The molecule has 0 fully saturated rings. The lowest BCUT2D eigenvalue weighted by Gasteiger charge is -2.05. The number of benzene rings is 1. The molecule has 19 heavy (non-hydrogen) atoms. The SMILES string of the molecule is Cc1ncc(CNC(=O)CCc2ccccc2Cl)s1. The minimum absolute atomic E-state index is 0.0333. The summed E-state index contributed by atoms with van der Waals surface area (Å²) in [6.45, 7) is 2.50. The van der Waals surface area contributed by atoms with E-state index in [-0.39, 0.29) is 5.91 Å². The molecular formula is C14H15ClN2OS. The van der Waals surface area contributed by atoms with Gasteiger partial charge in [-0.2, -0.15) is 0 Å². The van der Waals surface area contributed by atoms with Crippen LogP contribution < -0.4 is 5.32 Å². The van der Waals surface area contributed by atoms with Crippen LogP contribution >= 0.6 is 22.9 Å². The Morgan fingerprint density at radius 3 is 2.89 bits per heavy atom. The van der Waals surface area contributed by atoms with Gasteiger partial charge in [-0.25, -0.2) is 4.98 Å². The highest BCUT2D eigenvalue weighted by Gasteiger charge is 2.05. The monoisotopic (exact) mass is 294 g/mol. The quantitative estimate of drug-likeness (QED) is 0.919. The second kappa shape index (κ2) is 6.68. The fraction of sp³-hybridized carbons (Fsp3) is 0.286. The lowest BCUT2D eigenvalue weighted by molar-refractivity contribution is -0.121. The lowest BCUT2D eigenvalue weighted by atomic mass is 10.1. The zero-order valence-electron chi connectivity index (χ0n) is 10.6. The van der Waals surface area contributed by atoms with Crippen molar-refractivity contribution in [3.63, 3.8) is 0 Å².